The number of aliphatic hydroxyl groups excluding tert-OH is 1. The van der Waals surface area contributed by atoms with Crippen LogP contribution in [-0.4, -0.2) is 35.1 Å². The number of hydrogen-bond donors (Lipinski definition) is 1. The van der Waals surface area contributed by atoms with Crippen molar-refractivity contribution in [3.8, 4) is 11.8 Å². The summed E-state index contributed by atoms with van der Waals surface area (Å²) in [6.45, 7) is 0.959. The van der Waals surface area contributed by atoms with Crippen LogP contribution in [-0.2, 0) is 0 Å². The Balaban J connectivity index is 1.83. The van der Waals surface area contributed by atoms with Gasteiger partial charge >= 0.3 is 0 Å². The van der Waals surface area contributed by atoms with Crippen molar-refractivity contribution in [2.24, 2.45) is 5.92 Å². The summed E-state index contributed by atoms with van der Waals surface area (Å²) >= 11 is 0. The molecule has 3 heteroatoms. The molecule has 1 saturated heterocycles. The third kappa shape index (κ3) is 2.44. The zero-order chi connectivity index (χ0) is 13.9. The van der Waals surface area contributed by atoms with Gasteiger partial charge in [0.2, 0.25) is 0 Å². The molecule has 2 unspecified atom stereocenters. The smallest absolute Gasteiger partial charge is 0.255 e. The van der Waals surface area contributed by atoms with Gasteiger partial charge in [-0.25, -0.2) is 0 Å². The SMILES string of the molecule is O=C(c1ccccc1C#CCCO)N1CC2CCC1C2. The van der Waals surface area contributed by atoms with Gasteiger partial charge in [0.25, 0.3) is 5.91 Å². The van der Waals surface area contributed by atoms with E-state index in [9.17, 15) is 4.79 Å². The van der Waals surface area contributed by atoms with E-state index in [2.05, 4.69) is 11.8 Å². The zero-order valence-corrected chi connectivity index (χ0v) is 11.5. The molecule has 0 radical (unpaired) electrons. The Hall–Kier alpha value is -1.79. The molecule has 2 bridgehead atoms. The minimum Gasteiger partial charge on any atom is -0.395 e. The van der Waals surface area contributed by atoms with Crippen LogP contribution in [0, 0.1) is 17.8 Å². The molecule has 3 rings (SSSR count). The quantitative estimate of drug-likeness (QED) is 0.835. The molecular weight excluding hydrogens is 250 g/mol. The molecule has 3 nitrogen and oxygen atoms in total. The second kappa shape index (κ2) is 5.68. The second-order valence-electron chi connectivity index (χ2n) is 5.61. The molecule has 2 aliphatic rings. The predicted octanol–water partition coefficient (Wildman–Crippen LogP) is 2.04. The highest BCUT2D eigenvalue weighted by Crippen LogP contribution is 2.38. The zero-order valence-electron chi connectivity index (χ0n) is 11.5. The number of carbonyl (C=O) groups is 1. The van der Waals surface area contributed by atoms with E-state index in [1.165, 1.54) is 12.8 Å². The maximum Gasteiger partial charge on any atom is 0.255 e. The lowest BCUT2D eigenvalue weighted by Gasteiger charge is -2.27. The molecule has 0 aromatic heterocycles. The molecule has 0 spiro atoms. The molecule has 1 heterocycles. The lowest BCUT2D eigenvalue weighted by atomic mass is 10.0. The summed E-state index contributed by atoms with van der Waals surface area (Å²) in [7, 11) is 0. The first kappa shape index (κ1) is 13.2. The molecule has 1 aliphatic carbocycles. The van der Waals surface area contributed by atoms with Crippen LogP contribution in [0.25, 0.3) is 0 Å². The van der Waals surface area contributed by atoms with Gasteiger partial charge in [-0.2, -0.15) is 0 Å². The molecule has 1 saturated carbocycles. The summed E-state index contributed by atoms with van der Waals surface area (Å²) in [5.41, 5.74) is 1.47. The molecule has 20 heavy (non-hydrogen) atoms. The van der Waals surface area contributed by atoms with Crippen molar-refractivity contribution in [3.63, 3.8) is 0 Å². The average molecular weight is 269 g/mol. The Morgan fingerprint density at radius 1 is 1.35 bits per heavy atom. The van der Waals surface area contributed by atoms with E-state index in [1.54, 1.807) is 0 Å². The first-order valence-corrected chi connectivity index (χ1v) is 7.29. The number of piperidine rings is 1. The molecule has 1 N–H and O–H groups in total. The molecule has 104 valence electrons. The largest absolute Gasteiger partial charge is 0.395 e. The Morgan fingerprint density at radius 3 is 2.90 bits per heavy atom. The summed E-state index contributed by atoms with van der Waals surface area (Å²) in [6.07, 6.45) is 4.03. The number of aliphatic hydroxyl groups is 1. The van der Waals surface area contributed by atoms with Crippen LogP contribution < -0.4 is 0 Å². The topological polar surface area (TPSA) is 40.5 Å². The van der Waals surface area contributed by atoms with Crippen LogP contribution in [0.15, 0.2) is 24.3 Å². The molecule has 2 fully saturated rings. The monoisotopic (exact) mass is 269 g/mol. The third-order valence-corrected chi connectivity index (χ3v) is 4.29. The van der Waals surface area contributed by atoms with Crippen LogP contribution in [0.2, 0.25) is 0 Å². The summed E-state index contributed by atoms with van der Waals surface area (Å²) in [4.78, 5) is 14.7. The van der Waals surface area contributed by atoms with E-state index in [0.29, 0.717) is 23.9 Å². The highest BCUT2D eigenvalue weighted by molar-refractivity contribution is 5.97. The number of fused-ring (bicyclic) bond motifs is 2. The van der Waals surface area contributed by atoms with Crippen LogP contribution in [0.3, 0.4) is 0 Å². The molecule has 2 atom stereocenters. The van der Waals surface area contributed by atoms with Gasteiger partial charge in [-0.1, -0.05) is 24.0 Å². The van der Waals surface area contributed by atoms with E-state index < -0.39 is 0 Å². The van der Waals surface area contributed by atoms with Crippen molar-refractivity contribution < 1.29 is 9.90 Å². The fourth-order valence-electron chi connectivity index (χ4n) is 3.32. The van der Waals surface area contributed by atoms with E-state index in [-0.39, 0.29) is 12.5 Å². The average Bonchev–Trinajstić information content (AvgIpc) is 3.10. The van der Waals surface area contributed by atoms with E-state index in [1.807, 2.05) is 29.2 Å². The number of nitrogens with zero attached hydrogens (tertiary/aromatic N) is 1. The van der Waals surface area contributed by atoms with Gasteiger partial charge in [0.1, 0.15) is 0 Å². The Labute approximate surface area is 119 Å². The maximum atomic E-state index is 12.7. The van der Waals surface area contributed by atoms with Gasteiger partial charge < -0.3 is 10.0 Å². The standard InChI is InChI=1S/C17H19NO2/c19-10-4-3-6-14-5-1-2-7-16(14)17(20)18-12-13-8-9-15(18)11-13/h1-2,5,7,13,15,19H,4,8-12H2. The van der Waals surface area contributed by atoms with Gasteiger partial charge in [0.15, 0.2) is 0 Å². The van der Waals surface area contributed by atoms with Crippen LogP contribution >= 0.6 is 0 Å². The summed E-state index contributed by atoms with van der Waals surface area (Å²) < 4.78 is 0. The number of hydrogen-bond acceptors (Lipinski definition) is 2. The van der Waals surface area contributed by atoms with Gasteiger partial charge in [-0.05, 0) is 37.3 Å². The lowest BCUT2D eigenvalue weighted by molar-refractivity contribution is 0.0703. The molecule has 1 aliphatic heterocycles. The van der Waals surface area contributed by atoms with Gasteiger partial charge in [0, 0.05) is 24.6 Å². The van der Waals surface area contributed by atoms with E-state index >= 15 is 0 Å². The van der Waals surface area contributed by atoms with Gasteiger partial charge in [-0.15, -0.1) is 0 Å². The highest BCUT2D eigenvalue weighted by Gasteiger charge is 2.40. The Bertz CT molecular complexity index is 570. The van der Waals surface area contributed by atoms with E-state index in [0.717, 1.165) is 18.5 Å². The predicted molar refractivity (Wildman–Crippen MR) is 77.2 cm³/mol. The molecule has 1 aromatic carbocycles. The fourth-order valence-corrected chi connectivity index (χ4v) is 3.32. The summed E-state index contributed by atoms with van der Waals surface area (Å²) in [6, 6.07) is 7.96. The lowest BCUT2D eigenvalue weighted by Crippen LogP contribution is -2.37. The minimum absolute atomic E-state index is 0.0546. The molecule has 1 aromatic rings. The molecule has 1 amide bonds. The van der Waals surface area contributed by atoms with Gasteiger partial charge in [-0.3, -0.25) is 4.79 Å². The van der Waals surface area contributed by atoms with Crippen molar-refractivity contribution in [1.29, 1.82) is 0 Å². The number of amides is 1. The molecular formula is C17H19NO2. The minimum atomic E-state index is 0.0546. The number of likely N-dealkylation sites (tertiary alicyclic amines) is 1. The number of carbonyl (C=O) groups excluding carboxylic acids is 1. The van der Waals surface area contributed by atoms with Crippen LogP contribution in [0.5, 0.6) is 0 Å². The maximum absolute atomic E-state index is 12.7. The van der Waals surface area contributed by atoms with Crippen molar-refractivity contribution >= 4 is 5.91 Å². The summed E-state index contributed by atoms with van der Waals surface area (Å²) in [5, 5.41) is 8.79. The van der Waals surface area contributed by atoms with Gasteiger partial charge in [0.05, 0.1) is 12.2 Å². The van der Waals surface area contributed by atoms with Crippen molar-refractivity contribution in [1.82, 2.24) is 4.90 Å². The summed E-state index contributed by atoms with van der Waals surface area (Å²) in [5.74, 6) is 6.73. The third-order valence-electron chi connectivity index (χ3n) is 4.29. The van der Waals surface area contributed by atoms with Crippen molar-refractivity contribution in [2.45, 2.75) is 31.7 Å². The van der Waals surface area contributed by atoms with Crippen molar-refractivity contribution in [3.05, 3.63) is 35.4 Å². The normalized spacial score (nSPS) is 23.6. The fraction of sp³-hybridized carbons (Fsp3) is 0.471. The number of benzene rings is 1. The second-order valence-corrected chi connectivity index (χ2v) is 5.61. The first-order valence-electron chi connectivity index (χ1n) is 7.29. The number of rotatable bonds is 2. The van der Waals surface area contributed by atoms with E-state index in [4.69, 9.17) is 5.11 Å². The first-order chi connectivity index (χ1) is 9.79. The van der Waals surface area contributed by atoms with Crippen LogP contribution in [0.4, 0.5) is 0 Å². The highest BCUT2D eigenvalue weighted by atomic mass is 16.2. The van der Waals surface area contributed by atoms with Crippen LogP contribution in [0.1, 0.15) is 41.6 Å². The Morgan fingerprint density at radius 2 is 2.20 bits per heavy atom. The van der Waals surface area contributed by atoms with Crippen molar-refractivity contribution in [2.75, 3.05) is 13.2 Å². The Kier molecular flexibility index (Phi) is 3.75.